The smallest absolute Gasteiger partial charge is 0.230 e. The van der Waals surface area contributed by atoms with Gasteiger partial charge in [-0.3, -0.25) is 9.69 Å². The van der Waals surface area contributed by atoms with E-state index in [1.807, 2.05) is 29.2 Å². The number of piperidine rings is 1. The van der Waals surface area contributed by atoms with Crippen molar-refractivity contribution in [1.29, 1.82) is 0 Å². The van der Waals surface area contributed by atoms with Crippen molar-refractivity contribution in [1.82, 2.24) is 9.80 Å². The fourth-order valence-electron chi connectivity index (χ4n) is 4.98. The van der Waals surface area contributed by atoms with Gasteiger partial charge in [0.05, 0.1) is 19.6 Å². The first kappa shape index (κ1) is 21.4. The summed E-state index contributed by atoms with van der Waals surface area (Å²) >= 11 is 0. The molecule has 0 aromatic heterocycles. The summed E-state index contributed by atoms with van der Waals surface area (Å²) in [6.45, 7) is 4.06. The van der Waals surface area contributed by atoms with Crippen LogP contribution in [0.3, 0.4) is 0 Å². The van der Waals surface area contributed by atoms with E-state index in [0.717, 1.165) is 56.8 Å². The Morgan fingerprint density at radius 1 is 1.00 bits per heavy atom. The number of ether oxygens (including phenoxy) is 2. The first-order chi connectivity index (χ1) is 15.1. The molecule has 2 aromatic rings. The average Bonchev–Trinajstić information content (AvgIpc) is 3.21. The van der Waals surface area contributed by atoms with Crippen LogP contribution in [0.4, 0.5) is 0 Å². The number of nitrogens with zero attached hydrogens (tertiary/aromatic N) is 2. The Balaban J connectivity index is 1.41. The molecule has 2 aliphatic rings. The molecule has 1 atom stereocenters. The van der Waals surface area contributed by atoms with Crippen LogP contribution in [0, 0.1) is 5.41 Å². The van der Waals surface area contributed by atoms with Gasteiger partial charge < -0.3 is 14.4 Å². The lowest BCUT2D eigenvalue weighted by Gasteiger charge is -2.39. The molecule has 0 saturated carbocycles. The van der Waals surface area contributed by atoms with Gasteiger partial charge >= 0.3 is 0 Å². The first-order valence-corrected chi connectivity index (χ1v) is 11.1. The van der Waals surface area contributed by atoms with Crippen LogP contribution in [0.1, 0.15) is 30.4 Å². The zero-order chi connectivity index (χ0) is 21.7. The van der Waals surface area contributed by atoms with Gasteiger partial charge in [0.15, 0.2) is 11.5 Å². The van der Waals surface area contributed by atoms with Crippen LogP contribution in [-0.4, -0.2) is 56.1 Å². The van der Waals surface area contributed by atoms with Crippen LogP contribution < -0.4 is 9.47 Å². The van der Waals surface area contributed by atoms with Gasteiger partial charge in [-0.15, -0.1) is 0 Å². The van der Waals surface area contributed by atoms with Crippen molar-refractivity contribution in [3.05, 3.63) is 65.7 Å². The van der Waals surface area contributed by atoms with Crippen LogP contribution >= 0.6 is 0 Å². The second kappa shape index (κ2) is 9.56. The number of hydrogen-bond donors (Lipinski definition) is 0. The molecule has 0 unspecified atom stereocenters. The van der Waals surface area contributed by atoms with Crippen molar-refractivity contribution in [2.24, 2.45) is 5.41 Å². The molecule has 2 saturated heterocycles. The van der Waals surface area contributed by atoms with Crippen LogP contribution in [0.25, 0.3) is 6.08 Å². The Labute approximate surface area is 185 Å². The Hall–Kier alpha value is -2.79. The molecule has 4 rings (SSSR count). The summed E-state index contributed by atoms with van der Waals surface area (Å²) < 4.78 is 11.0. The SMILES string of the molecule is COc1cccc(CN2CCC[C@]3(CCN(C/C=C/c4ccccc4)C3)C2=O)c1OC. The molecule has 1 amide bonds. The minimum atomic E-state index is -0.245. The van der Waals surface area contributed by atoms with Gasteiger partial charge in [0.2, 0.25) is 5.91 Å². The van der Waals surface area contributed by atoms with E-state index in [-0.39, 0.29) is 11.3 Å². The average molecular weight is 421 g/mol. The van der Waals surface area contributed by atoms with Crippen LogP contribution in [-0.2, 0) is 11.3 Å². The second-order valence-electron chi connectivity index (χ2n) is 8.56. The summed E-state index contributed by atoms with van der Waals surface area (Å²) in [5.74, 6) is 1.71. The van der Waals surface area contributed by atoms with Gasteiger partial charge in [0.1, 0.15) is 0 Å². The molecule has 0 radical (unpaired) electrons. The highest BCUT2D eigenvalue weighted by Gasteiger charge is 2.48. The highest BCUT2D eigenvalue weighted by Crippen LogP contribution is 2.41. The third-order valence-electron chi connectivity index (χ3n) is 6.58. The molecule has 2 heterocycles. The van der Waals surface area contributed by atoms with E-state index in [2.05, 4.69) is 41.3 Å². The van der Waals surface area contributed by atoms with Gasteiger partial charge in [-0.25, -0.2) is 0 Å². The molecule has 164 valence electrons. The van der Waals surface area contributed by atoms with E-state index in [1.54, 1.807) is 14.2 Å². The van der Waals surface area contributed by atoms with E-state index in [9.17, 15) is 4.79 Å². The van der Waals surface area contributed by atoms with Gasteiger partial charge in [-0.05, 0) is 37.4 Å². The Kier molecular flexibility index (Phi) is 6.62. The maximum atomic E-state index is 13.6. The third-order valence-corrected chi connectivity index (χ3v) is 6.58. The molecule has 5 heteroatoms. The molecule has 1 spiro atoms. The summed E-state index contributed by atoms with van der Waals surface area (Å²) in [7, 11) is 3.29. The van der Waals surface area contributed by atoms with Gasteiger partial charge in [0, 0.05) is 31.7 Å². The van der Waals surface area contributed by atoms with E-state index in [1.165, 1.54) is 5.56 Å². The topological polar surface area (TPSA) is 42.0 Å². The highest BCUT2D eigenvalue weighted by molar-refractivity contribution is 5.84. The second-order valence-corrected chi connectivity index (χ2v) is 8.56. The zero-order valence-corrected chi connectivity index (χ0v) is 18.5. The fourth-order valence-corrected chi connectivity index (χ4v) is 4.98. The quantitative estimate of drug-likeness (QED) is 0.672. The molecule has 2 fully saturated rings. The van der Waals surface area contributed by atoms with Crippen LogP contribution in [0.2, 0.25) is 0 Å². The first-order valence-electron chi connectivity index (χ1n) is 11.1. The predicted molar refractivity (Wildman–Crippen MR) is 123 cm³/mol. The summed E-state index contributed by atoms with van der Waals surface area (Å²) in [6, 6.07) is 16.2. The minimum Gasteiger partial charge on any atom is -0.493 e. The summed E-state index contributed by atoms with van der Waals surface area (Å²) in [4.78, 5) is 18.0. The Bertz CT molecular complexity index is 928. The minimum absolute atomic E-state index is 0.245. The predicted octanol–water partition coefficient (Wildman–Crippen LogP) is 4.23. The molecule has 31 heavy (non-hydrogen) atoms. The molecule has 2 aliphatic heterocycles. The van der Waals surface area contributed by atoms with Crippen molar-refractivity contribution < 1.29 is 14.3 Å². The standard InChI is InChI=1S/C26H32N2O3/c1-30-23-13-6-12-22(24(23)31-2)19-28-17-8-14-26(25(28)29)15-18-27(20-26)16-7-11-21-9-4-3-5-10-21/h3-7,9-13H,8,14-20H2,1-2H3/b11-7+/t26-/m1/s1. The molecular formula is C26H32N2O3. The number of amides is 1. The number of carbonyl (C=O) groups is 1. The lowest BCUT2D eigenvalue weighted by atomic mass is 9.78. The largest absolute Gasteiger partial charge is 0.493 e. The molecule has 0 bridgehead atoms. The van der Waals surface area contributed by atoms with Crippen molar-refractivity contribution in [3.8, 4) is 11.5 Å². The molecular weight excluding hydrogens is 388 g/mol. The van der Waals surface area contributed by atoms with E-state index >= 15 is 0 Å². The number of hydrogen-bond acceptors (Lipinski definition) is 4. The number of rotatable bonds is 7. The zero-order valence-electron chi connectivity index (χ0n) is 18.5. The van der Waals surface area contributed by atoms with Gasteiger partial charge in [0.25, 0.3) is 0 Å². The number of carbonyl (C=O) groups excluding carboxylic acids is 1. The number of benzene rings is 2. The lowest BCUT2D eigenvalue weighted by molar-refractivity contribution is -0.146. The summed E-state index contributed by atoms with van der Waals surface area (Å²) in [5.41, 5.74) is 1.96. The van der Waals surface area contributed by atoms with E-state index in [0.29, 0.717) is 12.3 Å². The van der Waals surface area contributed by atoms with Gasteiger partial charge in [-0.2, -0.15) is 0 Å². The highest BCUT2D eigenvalue weighted by atomic mass is 16.5. The monoisotopic (exact) mass is 420 g/mol. The molecule has 0 N–H and O–H groups in total. The fraction of sp³-hybridized carbons (Fsp3) is 0.423. The van der Waals surface area contributed by atoms with Crippen molar-refractivity contribution >= 4 is 12.0 Å². The van der Waals surface area contributed by atoms with E-state index in [4.69, 9.17) is 9.47 Å². The molecule has 0 aliphatic carbocycles. The maximum absolute atomic E-state index is 13.6. The van der Waals surface area contributed by atoms with Crippen LogP contribution in [0.15, 0.2) is 54.6 Å². The van der Waals surface area contributed by atoms with Crippen molar-refractivity contribution in [2.75, 3.05) is 40.4 Å². The number of likely N-dealkylation sites (tertiary alicyclic amines) is 2. The Morgan fingerprint density at radius 3 is 2.61 bits per heavy atom. The van der Waals surface area contributed by atoms with Gasteiger partial charge in [-0.1, -0.05) is 54.6 Å². The number of para-hydroxylation sites is 1. The van der Waals surface area contributed by atoms with E-state index < -0.39 is 0 Å². The maximum Gasteiger partial charge on any atom is 0.230 e. The summed E-state index contributed by atoms with van der Waals surface area (Å²) in [5, 5.41) is 0. The number of methoxy groups -OCH3 is 2. The van der Waals surface area contributed by atoms with Crippen molar-refractivity contribution in [2.45, 2.75) is 25.8 Å². The summed E-state index contributed by atoms with van der Waals surface area (Å²) in [6.07, 6.45) is 7.34. The Morgan fingerprint density at radius 2 is 1.84 bits per heavy atom. The normalized spacial score (nSPS) is 21.9. The third kappa shape index (κ3) is 4.62. The van der Waals surface area contributed by atoms with Crippen LogP contribution in [0.5, 0.6) is 11.5 Å². The molecule has 5 nitrogen and oxygen atoms in total. The van der Waals surface area contributed by atoms with Crippen molar-refractivity contribution in [3.63, 3.8) is 0 Å². The molecule has 2 aromatic carbocycles. The lowest BCUT2D eigenvalue weighted by Crippen LogP contribution is -2.49.